The van der Waals surface area contributed by atoms with Crippen LogP contribution in [0, 0.1) is 6.92 Å². The minimum Gasteiger partial charge on any atom is -0.484 e. The third kappa shape index (κ3) is 7.48. The van der Waals surface area contributed by atoms with Gasteiger partial charge in [-0.15, -0.1) is 0 Å². The van der Waals surface area contributed by atoms with E-state index in [9.17, 15) is 9.59 Å². The zero-order valence-corrected chi connectivity index (χ0v) is 20.5. The summed E-state index contributed by atoms with van der Waals surface area (Å²) < 4.78 is 5.77. The van der Waals surface area contributed by atoms with E-state index in [0.29, 0.717) is 18.7 Å². The van der Waals surface area contributed by atoms with E-state index >= 15 is 0 Å². The average molecular weight is 459 g/mol. The highest BCUT2D eigenvalue weighted by atomic mass is 16.5. The van der Waals surface area contributed by atoms with Crippen molar-refractivity contribution in [2.24, 2.45) is 0 Å². The maximum Gasteiger partial charge on any atom is 0.261 e. The van der Waals surface area contributed by atoms with Gasteiger partial charge in [0.15, 0.2) is 6.61 Å². The second-order valence-electron chi connectivity index (χ2n) is 9.49. The first-order valence-electron chi connectivity index (χ1n) is 11.6. The molecule has 0 saturated heterocycles. The molecule has 3 aromatic carbocycles. The molecule has 0 bridgehead atoms. The lowest BCUT2D eigenvalue weighted by atomic mass is 10.00. The van der Waals surface area contributed by atoms with Crippen molar-refractivity contribution in [1.29, 1.82) is 0 Å². The Labute approximate surface area is 202 Å². The quantitative estimate of drug-likeness (QED) is 0.495. The predicted octanol–water partition coefficient (Wildman–Crippen LogP) is 4.93. The van der Waals surface area contributed by atoms with E-state index in [-0.39, 0.29) is 18.4 Å². The van der Waals surface area contributed by atoms with Gasteiger partial charge in [-0.05, 0) is 56.5 Å². The molecule has 0 heterocycles. The number of carbonyl (C=O) groups excluding carboxylic acids is 2. The van der Waals surface area contributed by atoms with Crippen LogP contribution in [0.3, 0.4) is 0 Å². The first-order chi connectivity index (χ1) is 16.2. The summed E-state index contributed by atoms with van der Waals surface area (Å²) in [5, 5.41) is 3.08. The van der Waals surface area contributed by atoms with Crippen LogP contribution in [-0.4, -0.2) is 34.9 Å². The number of amides is 2. The molecule has 178 valence electrons. The van der Waals surface area contributed by atoms with Gasteiger partial charge in [0.1, 0.15) is 11.8 Å². The molecule has 0 spiro atoms. The maximum absolute atomic E-state index is 13.6. The SMILES string of the molecule is Cc1ccccc1CN(C(=O)COc1ccccc1)[C@@H](Cc1ccccc1)C(=O)NC(C)(C)C. The van der Waals surface area contributed by atoms with Crippen molar-refractivity contribution < 1.29 is 14.3 Å². The van der Waals surface area contributed by atoms with Crippen LogP contribution in [-0.2, 0) is 22.6 Å². The van der Waals surface area contributed by atoms with Gasteiger partial charge in [-0.2, -0.15) is 0 Å². The molecule has 34 heavy (non-hydrogen) atoms. The molecule has 3 rings (SSSR count). The fourth-order valence-electron chi connectivity index (χ4n) is 3.72. The number of hydrogen-bond acceptors (Lipinski definition) is 3. The van der Waals surface area contributed by atoms with E-state index in [1.54, 1.807) is 4.90 Å². The van der Waals surface area contributed by atoms with Crippen molar-refractivity contribution in [3.05, 3.63) is 102 Å². The molecule has 0 aliphatic heterocycles. The molecule has 0 aliphatic rings. The lowest BCUT2D eigenvalue weighted by Gasteiger charge is -2.34. The molecule has 5 nitrogen and oxygen atoms in total. The number of hydrogen-bond donors (Lipinski definition) is 1. The number of carbonyl (C=O) groups is 2. The van der Waals surface area contributed by atoms with Gasteiger partial charge in [-0.25, -0.2) is 0 Å². The monoisotopic (exact) mass is 458 g/mol. The Morgan fingerprint density at radius 2 is 1.47 bits per heavy atom. The summed E-state index contributed by atoms with van der Waals surface area (Å²) in [6, 6.07) is 26.3. The van der Waals surface area contributed by atoms with Crippen LogP contribution in [0.4, 0.5) is 0 Å². The summed E-state index contributed by atoms with van der Waals surface area (Å²) in [6.45, 7) is 8.01. The molecular formula is C29H34N2O3. The second kappa shape index (κ2) is 11.5. The van der Waals surface area contributed by atoms with Crippen LogP contribution in [0.25, 0.3) is 0 Å². The van der Waals surface area contributed by atoms with Gasteiger partial charge in [0.25, 0.3) is 5.91 Å². The summed E-state index contributed by atoms with van der Waals surface area (Å²) in [5.41, 5.74) is 2.63. The minimum atomic E-state index is -0.687. The number of aryl methyl sites for hydroxylation is 1. The second-order valence-corrected chi connectivity index (χ2v) is 9.49. The van der Waals surface area contributed by atoms with Crippen LogP contribution in [0.15, 0.2) is 84.9 Å². The van der Waals surface area contributed by atoms with E-state index in [0.717, 1.165) is 16.7 Å². The molecule has 0 saturated carbocycles. The van der Waals surface area contributed by atoms with E-state index in [2.05, 4.69) is 5.32 Å². The molecule has 2 amide bonds. The van der Waals surface area contributed by atoms with Crippen molar-refractivity contribution in [3.8, 4) is 5.75 Å². The van der Waals surface area contributed by atoms with Gasteiger partial charge in [-0.3, -0.25) is 9.59 Å². The van der Waals surface area contributed by atoms with Gasteiger partial charge < -0.3 is 15.0 Å². The third-order valence-corrected chi connectivity index (χ3v) is 5.48. The Morgan fingerprint density at radius 3 is 2.09 bits per heavy atom. The van der Waals surface area contributed by atoms with Gasteiger partial charge >= 0.3 is 0 Å². The van der Waals surface area contributed by atoms with E-state index in [1.165, 1.54) is 0 Å². The molecule has 5 heteroatoms. The van der Waals surface area contributed by atoms with E-state index in [4.69, 9.17) is 4.74 Å². The van der Waals surface area contributed by atoms with Gasteiger partial charge in [0.05, 0.1) is 0 Å². The highest BCUT2D eigenvalue weighted by molar-refractivity contribution is 5.89. The predicted molar refractivity (Wildman–Crippen MR) is 135 cm³/mol. The molecule has 0 radical (unpaired) electrons. The number of nitrogens with one attached hydrogen (secondary N) is 1. The average Bonchev–Trinajstić information content (AvgIpc) is 2.81. The molecule has 1 atom stereocenters. The molecule has 0 fully saturated rings. The molecule has 3 aromatic rings. The summed E-state index contributed by atoms with van der Waals surface area (Å²) in [4.78, 5) is 28.7. The Balaban J connectivity index is 1.94. The minimum absolute atomic E-state index is 0.149. The maximum atomic E-state index is 13.6. The van der Waals surface area contributed by atoms with Crippen molar-refractivity contribution in [1.82, 2.24) is 10.2 Å². The van der Waals surface area contributed by atoms with Crippen molar-refractivity contribution in [3.63, 3.8) is 0 Å². The normalized spacial score (nSPS) is 12.0. The Kier molecular flexibility index (Phi) is 8.47. The summed E-state index contributed by atoms with van der Waals surface area (Å²) in [7, 11) is 0. The molecule has 0 unspecified atom stereocenters. The number of nitrogens with zero attached hydrogens (tertiary/aromatic N) is 1. The summed E-state index contributed by atoms with van der Waals surface area (Å²) in [5.74, 6) is 0.195. The summed E-state index contributed by atoms with van der Waals surface area (Å²) in [6.07, 6.45) is 0.408. The first kappa shape index (κ1) is 25.0. The molecular weight excluding hydrogens is 424 g/mol. The van der Waals surface area contributed by atoms with Crippen LogP contribution in [0.5, 0.6) is 5.75 Å². The van der Waals surface area contributed by atoms with Crippen LogP contribution in [0.2, 0.25) is 0 Å². The Bertz CT molecular complexity index is 1080. The van der Waals surface area contributed by atoms with Gasteiger partial charge in [0, 0.05) is 18.5 Å². The van der Waals surface area contributed by atoms with E-state index < -0.39 is 11.6 Å². The fraction of sp³-hybridized carbons (Fsp3) is 0.310. The third-order valence-electron chi connectivity index (χ3n) is 5.48. The van der Waals surface area contributed by atoms with Gasteiger partial charge in [0.2, 0.25) is 5.91 Å². The van der Waals surface area contributed by atoms with Crippen LogP contribution >= 0.6 is 0 Å². The number of benzene rings is 3. The molecule has 1 N–H and O–H groups in total. The standard InChI is InChI=1S/C29H34N2O3/c1-22-13-11-12-16-24(22)20-31(27(32)21-34-25-17-9-6-10-18-25)26(28(33)30-29(2,3)4)19-23-14-7-5-8-15-23/h5-18,26H,19-21H2,1-4H3,(H,30,33)/t26-/m0/s1. The van der Waals surface area contributed by atoms with Crippen molar-refractivity contribution >= 4 is 11.8 Å². The fourth-order valence-corrected chi connectivity index (χ4v) is 3.72. The highest BCUT2D eigenvalue weighted by Crippen LogP contribution is 2.18. The smallest absolute Gasteiger partial charge is 0.261 e. The number of para-hydroxylation sites is 1. The van der Waals surface area contributed by atoms with Crippen molar-refractivity contribution in [2.75, 3.05) is 6.61 Å². The largest absolute Gasteiger partial charge is 0.484 e. The number of ether oxygens (including phenoxy) is 1. The highest BCUT2D eigenvalue weighted by Gasteiger charge is 2.32. The zero-order valence-electron chi connectivity index (χ0n) is 20.5. The zero-order chi connectivity index (χ0) is 24.6. The Morgan fingerprint density at radius 1 is 0.882 bits per heavy atom. The van der Waals surface area contributed by atoms with E-state index in [1.807, 2.05) is 113 Å². The molecule has 0 aromatic heterocycles. The first-order valence-corrected chi connectivity index (χ1v) is 11.6. The van der Waals surface area contributed by atoms with Crippen LogP contribution < -0.4 is 10.1 Å². The van der Waals surface area contributed by atoms with Crippen LogP contribution in [0.1, 0.15) is 37.5 Å². The lowest BCUT2D eigenvalue weighted by molar-refractivity contribution is -0.143. The lowest BCUT2D eigenvalue weighted by Crippen LogP contribution is -2.55. The Hall–Kier alpha value is -3.60. The number of rotatable bonds is 9. The molecule has 0 aliphatic carbocycles. The van der Waals surface area contributed by atoms with Gasteiger partial charge in [-0.1, -0.05) is 72.8 Å². The topological polar surface area (TPSA) is 58.6 Å². The van der Waals surface area contributed by atoms with Crippen molar-refractivity contribution in [2.45, 2.75) is 52.2 Å². The summed E-state index contributed by atoms with van der Waals surface area (Å²) >= 11 is 0.